The number of aliphatic hydroxyl groups is 1. The van der Waals surface area contributed by atoms with Crippen molar-refractivity contribution in [2.24, 2.45) is 0 Å². The Morgan fingerprint density at radius 3 is 2.73 bits per heavy atom. The summed E-state index contributed by atoms with van der Waals surface area (Å²) in [6.07, 6.45) is 2.59. The van der Waals surface area contributed by atoms with E-state index in [0.29, 0.717) is 6.42 Å². The van der Waals surface area contributed by atoms with Crippen molar-refractivity contribution in [1.29, 1.82) is 0 Å². The molecule has 1 N–H and O–H groups in total. The first-order chi connectivity index (χ1) is 7.13. The Labute approximate surface area is 89.6 Å². The first kappa shape index (κ1) is 10.9. The van der Waals surface area contributed by atoms with Crippen molar-refractivity contribution in [3.63, 3.8) is 0 Å². The largest absolute Gasteiger partial charge is 0.457 e. The van der Waals surface area contributed by atoms with Gasteiger partial charge < -0.3 is 14.6 Å². The Bertz CT molecular complexity index is 265. The van der Waals surface area contributed by atoms with Crippen LogP contribution in [0.5, 0.6) is 0 Å². The second kappa shape index (κ2) is 3.76. The molecule has 2 rings (SSSR count). The molecule has 4 atom stereocenters. The normalized spacial score (nSPS) is 39.8. The molecule has 0 bridgehead atoms. The van der Waals surface area contributed by atoms with Crippen LogP contribution < -0.4 is 0 Å². The van der Waals surface area contributed by atoms with Gasteiger partial charge in [0, 0.05) is 0 Å². The van der Waals surface area contributed by atoms with Gasteiger partial charge in [0.1, 0.15) is 12.2 Å². The monoisotopic (exact) mass is 214 g/mol. The van der Waals surface area contributed by atoms with Gasteiger partial charge in [-0.15, -0.1) is 0 Å². The number of unbranched alkanes of at least 4 members (excludes halogenated alkanes) is 2. The molecule has 0 aliphatic carbocycles. The predicted octanol–water partition coefficient (Wildman–Crippen LogP) is 1.01. The summed E-state index contributed by atoms with van der Waals surface area (Å²) in [7, 11) is 0. The highest BCUT2D eigenvalue weighted by Crippen LogP contribution is 2.50. The molecule has 2 heterocycles. The molecule has 2 aliphatic rings. The summed E-state index contributed by atoms with van der Waals surface area (Å²) in [6.45, 7) is 3.91. The minimum atomic E-state index is -1.01. The van der Waals surface area contributed by atoms with E-state index in [1.165, 1.54) is 0 Å². The highest BCUT2D eigenvalue weighted by molar-refractivity contribution is 5.87. The third kappa shape index (κ3) is 1.56. The number of hydrogen-bond acceptors (Lipinski definition) is 4. The van der Waals surface area contributed by atoms with Gasteiger partial charge in [0.25, 0.3) is 0 Å². The average Bonchev–Trinajstić information content (AvgIpc) is 2.89. The van der Waals surface area contributed by atoms with E-state index in [-0.39, 0.29) is 18.2 Å². The maximum absolute atomic E-state index is 11.5. The van der Waals surface area contributed by atoms with Crippen molar-refractivity contribution in [3.8, 4) is 0 Å². The lowest BCUT2D eigenvalue weighted by Gasteiger charge is -2.14. The number of fused-ring (bicyclic) bond motifs is 1. The van der Waals surface area contributed by atoms with Crippen molar-refractivity contribution in [2.75, 3.05) is 0 Å². The zero-order valence-electron chi connectivity index (χ0n) is 9.23. The van der Waals surface area contributed by atoms with Crippen LogP contribution in [0.3, 0.4) is 0 Å². The van der Waals surface area contributed by atoms with Gasteiger partial charge in [-0.1, -0.05) is 26.2 Å². The SMILES string of the molecule is CCCCCC(O)[C@]12O[C@H]1[C@H](C)OC2=O. The van der Waals surface area contributed by atoms with Crippen molar-refractivity contribution in [1.82, 2.24) is 0 Å². The van der Waals surface area contributed by atoms with Crippen LogP contribution in [-0.4, -0.2) is 35.0 Å². The van der Waals surface area contributed by atoms with Crippen molar-refractivity contribution in [2.45, 2.75) is 63.4 Å². The second-order valence-corrected chi connectivity index (χ2v) is 4.45. The molecule has 15 heavy (non-hydrogen) atoms. The topological polar surface area (TPSA) is 59.1 Å². The number of carbonyl (C=O) groups is 1. The number of rotatable bonds is 5. The van der Waals surface area contributed by atoms with Crippen LogP contribution in [0.4, 0.5) is 0 Å². The minimum Gasteiger partial charge on any atom is -0.457 e. The van der Waals surface area contributed by atoms with E-state index in [4.69, 9.17) is 9.47 Å². The summed E-state index contributed by atoms with van der Waals surface area (Å²) in [5.74, 6) is -0.385. The molecule has 0 saturated carbocycles. The molecular weight excluding hydrogens is 196 g/mol. The molecule has 0 amide bonds. The van der Waals surface area contributed by atoms with Crippen LogP contribution in [0.15, 0.2) is 0 Å². The average molecular weight is 214 g/mol. The maximum Gasteiger partial charge on any atom is 0.344 e. The van der Waals surface area contributed by atoms with E-state index < -0.39 is 11.7 Å². The quantitative estimate of drug-likeness (QED) is 0.421. The van der Waals surface area contributed by atoms with Crippen LogP contribution in [0.1, 0.15) is 39.5 Å². The Morgan fingerprint density at radius 2 is 2.27 bits per heavy atom. The number of ether oxygens (including phenoxy) is 2. The summed E-state index contributed by atoms with van der Waals surface area (Å²) in [5.41, 5.74) is -1.01. The van der Waals surface area contributed by atoms with Crippen molar-refractivity contribution in [3.05, 3.63) is 0 Å². The van der Waals surface area contributed by atoms with Crippen LogP contribution in [0.25, 0.3) is 0 Å². The molecule has 4 nitrogen and oxygen atoms in total. The summed E-state index contributed by atoms with van der Waals surface area (Å²) >= 11 is 0. The molecular formula is C11H18O4. The highest BCUT2D eigenvalue weighted by atomic mass is 16.7. The van der Waals surface area contributed by atoms with Gasteiger partial charge in [-0.05, 0) is 13.3 Å². The summed E-state index contributed by atoms with van der Waals surface area (Å²) < 4.78 is 10.4. The van der Waals surface area contributed by atoms with Crippen LogP contribution in [0.2, 0.25) is 0 Å². The summed E-state index contributed by atoms with van der Waals surface area (Å²) in [6, 6.07) is 0. The number of epoxide rings is 1. The second-order valence-electron chi connectivity index (χ2n) is 4.45. The predicted molar refractivity (Wildman–Crippen MR) is 53.3 cm³/mol. The molecule has 2 saturated heterocycles. The van der Waals surface area contributed by atoms with E-state index >= 15 is 0 Å². The molecule has 0 spiro atoms. The minimum absolute atomic E-state index is 0.210. The fraction of sp³-hybridized carbons (Fsp3) is 0.909. The van der Waals surface area contributed by atoms with Crippen molar-refractivity contribution >= 4 is 5.97 Å². The Morgan fingerprint density at radius 1 is 1.53 bits per heavy atom. The molecule has 2 aliphatic heterocycles. The van der Waals surface area contributed by atoms with E-state index in [9.17, 15) is 9.90 Å². The van der Waals surface area contributed by atoms with Gasteiger partial charge >= 0.3 is 5.97 Å². The molecule has 4 heteroatoms. The number of cyclic esters (lactones) is 1. The Kier molecular flexibility index (Phi) is 2.73. The van der Waals surface area contributed by atoms with E-state index in [1.807, 2.05) is 0 Å². The fourth-order valence-electron chi connectivity index (χ4n) is 2.31. The van der Waals surface area contributed by atoms with Gasteiger partial charge in [0.15, 0.2) is 0 Å². The van der Waals surface area contributed by atoms with Crippen LogP contribution in [0, 0.1) is 0 Å². The van der Waals surface area contributed by atoms with Gasteiger partial charge in [0.05, 0.1) is 6.10 Å². The summed E-state index contributed by atoms with van der Waals surface area (Å²) in [4.78, 5) is 11.5. The fourth-order valence-corrected chi connectivity index (χ4v) is 2.31. The van der Waals surface area contributed by atoms with E-state index in [0.717, 1.165) is 19.3 Å². The van der Waals surface area contributed by atoms with E-state index in [2.05, 4.69) is 6.92 Å². The van der Waals surface area contributed by atoms with Gasteiger partial charge in [-0.25, -0.2) is 4.79 Å². The number of aliphatic hydroxyl groups excluding tert-OH is 1. The third-order valence-corrected chi connectivity index (χ3v) is 3.30. The van der Waals surface area contributed by atoms with Crippen LogP contribution in [-0.2, 0) is 14.3 Å². The molecule has 86 valence electrons. The smallest absolute Gasteiger partial charge is 0.344 e. The Balaban J connectivity index is 1.91. The van der Waals surface area contributed by atoms with Gasteiger partial charge in [0.2, 0.25) is 5.60 Å². The number of carbonyl (C=O) groups excluding carboxylic acids is 1. The lowest BCUT2D eigenvalue weighted by molar-refractivity contribution is -0.157. The van der Waals surface area contributed by atoms with Gasteiger partial charge in [-0.2, -0.15) is 0 Å². The number of esters is 1. The Hall–Kier alpha value is -0.610. The first-order valence-electron chi connectivity index (χ1n) is 5.70. The number of hydrogen-bond donors (Lipinski definition) is 1. The lowest BCUT2D eigenvalue weighted by Crippen LogP contribution is -2.37. The molecule has 0 radical (unpaired) electrons. The molecule has 0 aromatic carbocycles. The van der Waals surface area contributed by atoms with E-state index in [1.54, 1.807) is 6.92 Å². The molecule has 0 aromatic rings. The van der Waals surface area contributed by atoms with Crippen LogP contribution >= 0.6 is 0 Å². The maximum atomic E-state index is 11.5. The lowest BCUT2D eigenvalue weighted by atomic mass is 9.94. The standard InChI is InChI=1S/C11H18O4/c1-3-4-5-6-8(12)11-9(15-11)7(2)14-10(11)13/h7-9,12H,3-6H2,1-2H3/t7-,8?,9-,11-/m0/s1. The zero-order valence-corrected chi connectivity index (χ0v) is 9.23. The first-order valence-corrected chi connectivity index (χ1v) is 5.70. The zero-order chi connectivity index (χ0) is 11.1. The molecule has 1 unspecified atom stereocenters. The van der Waals surface area contributed by atoms with Gasteiger partial charge in [-0.3, -0.25) is 0 Å². The summed E-state index contributed by atoms with van der Waals surface area (Å²) in [5, 5.41) is 9.94. The third-order valence-electron chi connectivity index (χ3n) is 3.30. The molecule has 0 aromatic heterocycles. The van der Waals surface area contributed by atoms with Crippen molar-refractivity contribution < 1.29 is 19.4 Å². The highest BCUT2D eigenvalue weighted by Gasteiger charge is 2.75. The molecule has 2 fully saturated rings.